The lowest BCUT2D eigenvalue weighted by Gasteiger charge is -2.35. The van der Waals surface area contributed by atoms with Crippen molar-refractivity contribution >= 4 is 29.3 Å². The predicted molar refractivity (Wildman–Crippen MR) is 100 cm³/mol. The quantitative estimate of drug-likeness (QED) is 0.820. The van der Waals surface area contributed by atoms with Crippen LogP contribution in [0, 0.1) is 5.92 Å². The fourth-order valence-electron chi connectivity index (χ4n) is 3.28. The molecule has 2 fully saturated rings. The minimum atomic E-state index is -1.08. The van der Waals surface area contributed by atoms with E-state index in [2.05, 4.69) is 5.32 Å². The molecule has 0 radical (unpaired) electrons. The number of ether oxygens (including phenoxy) is 1. The first-order valence-electron chi connectivity index (χ1n) is 9.34. The Balaban J connectivity index is 1.68. The predicted octanol–water partition coefficient (Wildman–Crippen LogP) is 2.40. The highest BCUT2D eigenvalue weighted by molar-refractivity contribution is 6.02. The second-order valence-electron chi connectivity index (χ2n) is 6.83. The second kappa shape index (κ2) is 8.28. The molecule has 2 amide bonds. The number of hydrogen-bond donors (Lipinski definition) is 2. The zero-order valence-electron chi connectivity index (χ0n) is 15.4. The summed E-state index contributed by atoms with van der Waals surface area (Å²) in [5.41, 5.74) is 1.17. The van der Waals surface area contributed by atoms with Crippen LogP contribution < -0.4 is 10.2 Å². The highest BCUT2D eigenvalue weighted by atomic mass is 16.6. The zero-order chi connectivity index (χ0) is 19.4. The Hall–Kier alpha value is -2.77. The van der Waals surface area contributed by atoms with Gasteiger partial charge in [-0.2, -0.15) is 0 Å². The van der Waals surface area contributed by atoms with Gasteiger partial charge in [0.15, 0.2) is 0 Å². The fraction of sp³-hybridized carbons (Fsp3) is 0.526. The summed E-state index contributed by atoms with van der Waals surface area (Å²) in [5.74, 6) is -1.20. The van der Waals surface area contributed by atoms with Crippen molar-refractivity contribution in [2.24, 2.45) is 5.92 Å². The summed E-state index contributed by atoms with van der Waals surface area (Å²) in [6, 6.07) is 5.04. The van der Waals surface area contributed by atoms with Gasteiger partial charge in [-0.25, -0.2) is 9.59 Å². The Labute approximate surface area is 158 Å². The van der Waals surface area contributed by atoms with Crippen molar-refractivity contribution in [2.45, 2.75) is 26.2 Å². The number of carbonyl (C=O) groups is 3. The molecule has 1 saturated carbocycles. The number of piperazine rings is 1. The lowest BCUT2D eigenvalue weighted by atomic mass is 9.85. The Morgan fingerprint density at radius 3 is 2.44 bits per heavy atom. The molecule has 0 spiro atoms. The summed E-state index contributed by atoms with van der Waals surface area (Å²) >= 11 is 0. The lowest BCUT2D eigenvalue weighted by Crippen LogP contribution is -2.49. The van der Waals surface area contributed by atoms with Crippen LogP contribution >= 0.6 is 0 Å². The molecule has 1 heterocycles. The van der Waals surface area contributed by atoms with E-state index >= 15 is 0 Å². The molecule has 1 aromatic carbocycles. The Morgan fingerprint density at radius 2 is 1.89 bits per heavy atom. The molecule has 8 nitrogen and oxygen atoms in total. The van der Waals surface area contributed by atoms with Crippen molar-refractivity contribution < 1.29 is 24.2 Å². The van der Waals surface area contributed by atoms with Crippen molar-refractivity contribution in [3.8, 4) is 0 Å². The highest BCUT2D eigenvalue weighted by Gasteiger charge is 2.27. The van der Waals surface area contributed by atoms with Gasteiger partial charge < -0.3 is 25.0 Å². The number of carboxylic acid groups (broad SMARTS) is 1. The van der Waals surface area contributed by atoms with E-state index in [1.807, 2.05) is 11.0 Å². The van der Waals surface area contributed by atoms with Crippen LogP contribution in [0.15, 0.2) is 18.2 Å². The number of hydrogen-bond acceptors (Lipinski definition) is 5. The Kier molecular flexibility index (Phi) is 5.83. The molecule has 27 heavy (non-hydrogen) atoms. The molecule has 3 rings (SSSR count). The van der Waals surface area contributed by atoms with Crippen LogP contribution in [0.25, 0.3) is 0 Å². The first-order valence-corrected chi connectivity index (χ1v) is 9.34. The van der Waals surface area contributed by atoms with Gasteiger partial charge in [0.1, 0.15) is 0 Å². The summed E-state index contributed by atoms with van der Waals surface area (Å²) in [5, 5.41) is 12.3. The molecule has 0 bridgehead atoms. The number of nitrogens with one attached hydrogen (secondary N) is 1. The van der Waals surface area contributed by atoms with Gasteiger partial charge in [0.25, 0.3) is 0 Å². The van der Waals surface area contributed by atoms with Crippen molar-refractivity contribution in [1.29, 1.82) is 0 Å². The molecule has 1 aliphatic carbocycles. The fourth-order valence-corrected chi connectivity index (χ4v) is 3.28. The molecule has 1 aromatic rings. The molecule has 2 aliphatic rings. The van der Waals surface area contributed by atoms with Crippen molar-refractivity contribution in [3.63, 3.8) is 0 Å². The van der Waals surface area contributed by atoms with Gasteiger partial charge in [0.2, 0.25) is 5.91 Å². The zero-order valence-corrected chi connectivity index (χ0v) is 15.4. The first-order chi connectivity index (χ1) is 13.0. The largest absolute Gasteiger partial charge is 0.478 e. The van der Waals surface area contributed by atoms with E-state index in [1.165, 1.54) is 0 Å². The molecule has 2 N–H and O–H groups in total. The maximum atomic E-state index is 12.1. The average Bonchev–Trinajstić information content (AvgIpc) is 2.60. The Bertz CT molecular complexity index is 724. The minimum absolute atomic E-state index is 0.0118. The van der Waals surface area contributed by atoms with Crippen molar-refractivity contribution in [1.82, 2.24) is 4.90 Å². The molecule has 0 atom stereocenters. The molecule has 0 aromatic heterocycles. The average molecular weight is 375 g/mol. The number of anilines is 2. The standard InChI is InChI=1S/C19H25N3O5/c1-2-27-19(26)22-10-8-21(9-11-22)14-6-7-16(15(12-14)18(24)25)20-17(23)13-4-3-5-13/h6-7,12-13H,2-5,8-11H2,1H3,(H,20,23)(H,24,25). The normalized spacial score (nSPS) is 17.2. The molecule has 146 valence electrons. The van der Waals surface area contributed by atoms with E-state index < -0.39 is 5.97 Å². The van der Waals surface area contributed by atoms with Gasteiger partial charge in [-0.3, -0.25) is 4.79 Å². The smallest absolute Gasteiger partial charge is 0.409 e. The number of benzene rings is 1. The second-order valence-corrected chi connectivity index (χ2v) is 6.83. The van der Waals surface area contributed by atoms with Crippen LogP contribution in [-0.2, 0) is 9.53 Å². The van der Waals surface area contributed by atoms with E-state index in [4.69, 9.17) is 4.74 Å². The van der Waals surface area contributed by atoms with Crippen molar-refractivity contribution in [2.75, 3.05) is 43.0 Å². The number of aromatic carboxylic acids is 1. The summed E-state index contributed by atoms with van der Waals surface area (Å²) < 4.78 is 5.01. The first kappa shape index (κ1) is 19.0. The van der Waals surface area contributed by atoms with Crippen LogP contribution in [0.2, 0.25) is 0 Å². The van der Waals surface area contributed by atoms with E-state index in [1.54, 1.807) is 24.0 Å². The molecule has 8 heteroatoms. The van der Waals surface area contributed by atoms with E-state index in [0.717, 1.165) is 24.9 Å². The minimum Gasteiger partial charge on any atom is -0.478 e. The van der Waals surface area contributed by atoms with E-state index in [-0.39, 0.29) is 23.5 Å². The maximum absolute atomic E-state index is 12.1. The maximum Gasteiger partial charge on any atom is 0.409 e. The monoisotopic (exact) mass is 375 g/mol. The van der Waals surface area contributed by atoms with E-state index in [0.29, 0.717) is 38.5 Å². The molecule has 1 saturated heterocycles. The van der Waals surface area contributed by atoms with Gasteiger partial charge in [0.05, 0.1) is 17.9 Å². The summed E-state index contributed by atoms with van der Waals surface area (Å²) in [4.78, 5) is 39.3. The van der Waals surface area contributed by atoms with Gasteiger partial charge in [-0.1, -0.05) is 6.42 Å². The summed E-state index contributed by atoms with van der Waals surface area (Å²) in [6.07, 6.45) is 2.44. The number of rotatable bonds is 5. The lowest BCUT2D eigenvalue weighted by molar-refractivity contribution is -0.122. The van der Waals surface area contributed by atoms with Crippen molar-refractivity contribution in [3.05, 3.63) is 23.8 Å². The van der Waals surface area contributed by atoms with Crippen LogP contribution in [0.4, 0.5) is 16.2 Å². The third-order valence-electron chi connectivity index (χ3n) is 5.14. The number of amides is 2. The third-order valence-corrected chi connectivity index (χ3v) is 5.14. The topological polar surface area (TPSA) is 99.2 Å². The van der Waals surface area contributed by atoms with Gasteiger partial charge in [0, 0.05) is 37.8 Å². The van der Waals surface area contributed by atoms with Crippen LogP contribution in [0.1, 0.15) is 36.5 Å². The molecule has 1 aliphatic heterocycles. The third kappa shape index (κ3) is 4.32. The summed E-state index contributed by atoms with van der Waals surface area (Å²) in [6.45, 7) is 4.32. The number of carbonyl (C=O) groups excluding carboxylic acids is 2. The summed E-state index contributed by atoms with van der Waals surface area (Å²) in [7, 11) is 0. The van der Waals surface area contributed by atoms with Gasteiger partial charge >= 0.3 is 12.1 Å². The molecule has 0 unspecified atom stereocenters. The highest BCUT2D eigenvalue weighted by Crippen LogP contribution is 2.29. The van der Waals surface area contributed by atoms with Gasteiger partial charge in [-0.15, -0.1) is 0 Å². The van der Waals surface area contributed by atoms with Gasteiger partial charge in [-0.05, 0) is 38.0 Å². The number of carboxylic acids is 1. The SMILES string of the molecule is CCOC(=O)N1CCN(c2ccc(NC(=O)C3CCC3)c(C(=O)O)c2)CC1. The van der Waals surface area contributed by atoms with Crippen LogP contribution in [0.5, 0.6) is 0 Å². The van der Waals surface area contributed by atoms with E-state index in [9.17, 15) is 19.5 Å². The Morgan fingerprint density at radius 1 is 1.19 bits per heavy atom. The molecular weight excluding hydrogens is 350 g/mol. The van der Waals surface area contributed by atoms with Crippen LogP contribution in [0.3, 0.4) is 0 Å². The molecular formula is C19H25N3O5. The number of nitrogens with zero attached hydrogens (tertiary/aromatic N) is 2. The van der Waals surface area contributed by atoms with Crippen LogP contribution in [-0.4, -0.2) is 60.8 Å².